The number of aryl methyl sites for hydroxylation is 1. The van der Waals surface area contributed by atoms with Gasteiger partial charge >= 0.3 is 0 Å². The number of rotatable bonds is 4. The maximum absolute atomic E-state index is 11.1. The number of H-pyrrole nitrogens is 1. The molecule has 0 saturated carbocycles. The summed E-state index contributed by atoms with van der Waals surface area (Å²) in [5, 5.41) is 8.16. The highest BCUT2D eigenvalue weighted by Gasteiger charge is 2.06. The van der Waals surface area contributed by atoms with Crippen molar-refractivity contribution in [2.24, 2.45) is 5.14 Å². The van der Waals surface area contributed by atoms with E-state index in [2.05, 4.69) is 15.3 Å². The molecular weight excluding hydrogens is 252 g/mol. The van der Waals surface area contributed by atoms with Crippen molar-refractivity contribution in [3.8, 4) is 0 Å². The summed E-state index contributed by atoms with van der Waals surface area (Å²) in [4.78, 5) is 7.28. The van der Waals surface area contributed by atoms with E-state index >= 15 is 0 Å². The second-order valence-corrected chi connectivity index (χ2v) is 5.48. The highest BCUT2D eigenvalue weighted by Crippen LogP contribution is 2.13. The fourth-order valence-electron chi connectivity index (χ4n) is 1.52. The lowest BCUT2D eigenvalue weighted by molar-refractivity contribution is 0.598. The average Bonchev–Trinajstić information content (AvgIpc) is 2.72. The molecule has 2 rings (SSSR count). The van der Waals surface area contributed by atoms with Crippen LogP contribution >= 0.6 is 0 Å². The van der Waals surface area contributed by atoms with Crippen molar-refractivity contribution in [3.05, 3.63) is 42.0 Å². The summed E-state index contributed by atoms with van der Waals surface area (Å²) in [7, 11) is -3.63. The molecule has 18 heavy (non-hydrogen) atoms. The number of anilines is 1. The number of sulfonamides is 1. The standard InChI is InChI=1S/C11H14N4O2S/c1-8-13-6-10(15-8)7-14-9-2-4-11(5-3-9)18(12,16)17/h2-6,14H,7H2,1H3,(H,13,15)(H2,12,16,17). The molecule has 1 aromatic heterocycles. The molecule has 0 aliphatic carbocycles. The normalized spacial score (nSPS) is 11.4. The molecule has 0 radical (unpaired) electrons. The first-order valence-corrected chi connectivity index (χ1v) is 6.87. The molecule has 0 unspecified atom stereocenters. The topological polar surface area (TPSA) is 101 Å². The molecule has 0 saturated heterocycles. The van der Waals surface area contributed by atoms with Gasteiger partial charge < -0.3 is 10.3 Å². The Hall–Kier alpha value is -1.86. The van der Waals surface area contributed by atoms with E-state index in [1.807, 2.05) is 6.92 Å². The van der Waals surface area contributed by atoms with E-state index in [0.29, 0.717) is 6.54 Å². The Bertz CT molecular complexity index is 631. The molecule has 0 aliphatic heterocycles. The number of hydrogen-bond donors (Lipinski definition) is 3. The summed E-state index contributed by atoms with van der Waals surface area (Å²) in [6.45, 7) is 2.47. The molecule has 0 atom stereocenters. The highest BCUT2D eigenvalue weighted by molar-refractivity contribution is 7.89. The van der Waals surface area contributed by atoms with Crippen molar-refractivity contribution in [1.82, 2.24) is 9.97 Å². The van der Waals surface area contributed by atoms with Gasteiger partial charge in [-0.25, -0.2) is 18.5 Å². The molecule has 0 bridgehead atoms. The number of nitrogens with zero attached hydrogens (tertiary/aromatic N) is 1. The fraction of sp³-hybridized carbons (Fsp3) is 0.182. The van der Waals surface area contributed by atoms with Gasteiger partial charge in [-0.2, -0.15) is 0 Å². The summed E-state index contributed by atoms with van der Waals surface area (Å²) in [6.07, 6.45) is 1.75. The predicted molar refractivity (Wildman–Crippen MR) is 68.5 cm³/mol. The Labute approximate surface area is 105 Å². The number of aromatic amines is 1. The monoisotopic (exact) mass is 266 g/mol. The maximum atomic E-state index is 11.1. The highest BCUT2D eigenvalue weighted by atomic mass is 32.2. The molecule has 0 spiro atoms. The number of hydrogen-bond acceptors (Lipinski definition) is 4. The molecule has 1 aromatic carbocycles. The van der Waals surface area contributed by atoms with E-state index in [-0.39, 0.29) is 4.90 Å². The minimum atomic E-state index is -3.63. The summed E-state index contributed by atoms with van der Waals surface area (Å²) >= 11 is 0. The summed E-state index contributed by atoms with van der Waals surface area (Å²) in [5.74, 6) is 0.858. The average molecular weight is 266 g/mol. The molecule has 2 aromatic rings. The van der Waals surface area contributed by atoms with Gasteiger partial charge in [0.25, 0.3) is 0 Å². The minimum absolute atomic E-state index is 0.102. The SMILES string of the molecule is Cc1ncc(CNc2ccc(S(N)(=O)=O)cc2)[nH]1. The number of nitrogens with two attached hydrogens (primary N) is 1. The number of aromatic nitrogens is 2. The molecule has 6 nitrogen and oxygen atoms in total. The van der Waals surface area contributed by atoms with Gasteiger partial charge in [-0.3, -0.25) is 0 Å². The van der Waals surface area contributed by atoms with Crippen LogP contribution in [0.3, 0.4) is 0 Å². The van der Waals surface area contributed by atoms with Gasteiger partial charge in [-0.05, 0) is 31.2 Å². The molecule has 4 N–H and O–H groups in total. The predicted octanol–water partition coefficient (Wildman–Crippen LogP) is 0.978. The number of imidazole rings is 1. The lowest BCUT2D eigenvalue weighted by Crippen LogP contribution is -2.12. The number of nitrogens with one attached hydrogen (secondary N) is 2. The van der Waals surface area contributed by atoms with Crippen LogP contribution in [-0.2, 0) is 16.6 Å². The first kappa shape index (κ1) is 12.6. The molecular formula is C11H14N4O2S. The molecule has 96 valence electrons. The molecule has 1 heterocycles. The Morgan fingerprint density at radius 3 is 2.50 bits per heavy atom. The number of benzene rings is 1. The third kappa shape index (κ3) is 3.08. The van der Waals surface area contributed by atoms with Crippen LogP contribution < -0.4 is 10.5 Å². The van der Waals surface area contributed by atoms with Crippen LogP contribution in [0.2, 0.25) is 0 Å². The zero-order valence-corrected chi connectivity index (χ0v) is 10.7. The van der Waals surface area contributed by atoms with Crippen molar-refractivity contribution < 1.29 is 8.42 Å². The summed E-state index contributed by atoms with van der Waals surface area (Å²) in [5.41, 5.74) is 1.78. The van der Waals surface area contributed by atoms with E-state index in [1.165, 1.54) is 12.1 Å². The smallest absolute Gasteiger partial charge is 0.238 e. The van der Waals surface area contributed by atoms with Gasteiger partial charge in [-0.1, -0.05) is 0 Å². The number of primary sulfonamides is 1. The molecule has 7 heteroatoms. The van der Waals surface area contributed by atoms with E-state index < -0.39 is 10.0 Å². The van der Waals surface area contributed by atoms with E-state index in [0.717, 1.165) is 17.2 Å². The van der Waals surface area contributed by atoms with Gasteiger partial charge in [0, 0.05) is 5.69 Å². The van der Waals surface area contributed by atoms with Crippen molar-refractivity contribution >= 4 is 15.7 Å². The van der Waals surface area contributed by atoms with Crippen LogP contribution in [0.5, 0.6) is 0 Å². The van der Waals surface area contributed by atoms with Crippen LogP contribution in [0.4, 0.5) is 5.69 Å². The largest absolute Gasteiger partial charge is 0.379 e. The van der Waals surface area contributed by atoms with Gasteiger partial charge in [0.15, 0.2) is 0 Å². The first-order valence-electron chi connectivity index (χ1n) is 5.32. The Morgan fingerprint density at radius 2 is 2.00 bits per heavy atom. The van der Waals surface area contributed by atoms with Crippen LogP contribution in [0.1, 0.15) is 11.5 Å². The van der Waals surface area contributed by atoms with Crippen molar-refractivity contribution in [3.63, 3.8) is 0 Å². The van der Waals surface area contributed by atoms with Crippen molar-refractivity contribution in [1.29, 1.82) is 0 Å². The van der Waals surface area contributed by atoms with Crippen LogP contribution in [-0.4, -0.2) is 18.4 Å². The quantitative estimate of drug-likeness (QED) is 0.767. The third-order valence-corrected chi connectivity index (χ3v) is 3.35. The van der Waals surface area contributed by atoms with Crippen molar-refractivity contribution in [2.75, 3.05) is 5.32 Å². The zero-order valence-electron chi connectivity index (χ0n) is 9.84. The Morgan fingerprint density at radius 1 is 1.33 bits per heavy atom. The Kier molecular flexibility index (Phi) is 3.35. The van der Waals surface area contributed by atoms with E-state index in [9.17, 15) is 8.42 Å². The van der Waals surface area contributed by atoms with Crippen LogP contribution in [0, 0.1) is 6.92 Å². The maximum Gasteiger partial charge on any atom is 0.238 e. The van der Waals surface area contributed by atoms with Gasteiger partial charge in [-0.15, -0.1) is 0 Å². The molecule has 0 amide bonds. The van der Waals surface area contributed by atoms with Gasteiger partial charge in [0.05, 0.1) is 23.3 Å². The van der Waals surface area contributed by atoms with Gasteiger partial charge in [0.2, 0.25) is 10.0 Å². The van der Waals surface area contributed by atoms with Crippen LogP contribution in [0.25, 0.3) is 0 Å². The lowest BCUT2D eigenvalue weighted by Gasteiger charge is -2.05. The summed E-state index contributed by atoms with van der Waals surface area (Å²) < 4.78 is 22.1. The van der Waals surface area contributed by atoms with Gasteiger partial charge in [0.1, 0.15) is 5.82 Å². The van der Waals surface area contributed by atoms with Crippen LogP contribution in [0.15, 0.2) is 35.4 Å². The molecule has 0 aliphatic rings. The lowest BCUT2D eigenvalue weighted by atomic mass is 10.3. The third-order valence-electron chi connectivity index (χ3n) is 2.42. The first-order chi connectivity index (χ1) is 8.45. The summed E-state index contributed by atoms with van der Waals surface area (Å²) in [6, 6.07) is 6.28. The zero-order chi connectivity index (χ0) is 13.2. The second kappa shape index (κ2) is 4.79. The molecule has 0 fully saturated rings. The minimum Gasteiger partial charge on any atom is -0.379 e. The second-order valence-electron chi connectivity index (χ2n) is 3.92. The van der Waals surface area contributed by atoms with E-state index in [4.69, 9.17) is 5.14 Å². The fourth-order valence-corrected chi connectivity index (χ4v) is 2.04. The van der Waals surface area contributed by atoms with E-state index in [1.54, 1.807) is 18.3 Å². The Balaban J connectivity index is 2.03. The van der Waals surface area contributed by atoms with Crippen molar-refractivity contribution in [2.45, 2.75) is 18.4 Å².